The average Bonchev–Trinajstić information content (AvgIpc) is 2.65. The van der Waals surface area contributed by atoms with E-state index in [-0.39, 0.29) is 18.7 Å². The molecule has 4 N–H and O–H groups in total. The molecule has 0 saturated carbocycles. The summed E-state index contributed by atoms with van der Waals surface area (Å²) in [5.74, 6) is -1.98. The third kappa shape index (κ3) is 17.6. The third-order valence-electron chi connectivity index (χ3n) is 4.73. The Morgan fingerprint density at radius 3 is 1.93 bits per heavy atom. The monoisotopic (exact) mass is 396 g/mol. The molecular formula is C22H40N2O4. The van der Waals surface area contributed by atoms with Crippen molar-refractivity contribution in [2.75, 3.05) is 0 Å². The normalized spacial score (nSPS) is 12.2. The average molecular weight is 397 g/mol. The van der Waals surface area contributed by atoms with Crippen molar-refractivity contribution in [3.8, 4) is 0 Å². The largest absolute Gasteiger partial charge is 0.480 e. The number of allylic oxidation sites excluding steroid dienone is 2. The maximum atomic E-state index is 11.8. The number of rotatable bonds is 19. The van der Waals surface area contributed by atoms with Gasteiger partial charge in [0.25, 0.3) is 0 Å². The van der Waals surface area contributed by atoms with Crippen molar-refractivity contribution in [3.63, 3.8) is 0 Å². The van der Waals surface area contributed by atoms with E-state index in [1.807, 2.05) is 0 Å². The molecule has 0 unspecified atom stereocenters. The second-order valence-corrected chi connectivity index (χ2v) is 7.44. The van der Waals surface area contributed by atoms with Crippen LogP contribution < -0.4 is 11.1 Å². The Labute approximate surface area is 170 Å². The van der Waals surface area contributed by atoms with Crippen LogP contribution in [0.2, 0.25) is 0 Å². The number of carboxylic acids is 1. The molecule has 0 aromatic heterocycles. The summed E-state index contributed by atoms with van der Waals surface area (Å²) in [6.45, 7) is 2.23. The number of hydrogen-bond donors (Lipinski definition) is 3. The number of aliphatic carboxylic acids is 1. The first-order valence-electron chi connectivity index (χ1n) is 10.9. The molecule has 0 spiro atoms. The Bertz CT molecular complexity index is 463. The fraction of sp³-hybridized carbons (Fsp3) is 0.773. The minimum absolute atomic E-state index is 0.0304. The van der Waals surface area contributed by atoms with Gasteiger partial charge in [-0.25, -0.2) is 4.79 Å². The second-order valence-electron chi connectivity index (χ2n) is 7.44. The zero-order valence-corrected chi connectivity index (χ0v) is 17.6. The third-order valence-corrected chi connectivity index (χ3v) is 4.73. The Morgan fingerprint density at radius 2 is 1.39 bits per heavy atom. The maximum absolute atomic E-state index is 11.8. The first kappa shape index (κ1) is 26.1. The molecule has 28 heavy (non-hydrogen) atoms. The first-order valence-corrected chi connectivity index (χ1v) is 10.9. The Morgan fingerprint density at radius 1 is 0.857 bits per heavy atom. The van der Waals surface area contributed by atoms with E-state index in [0.717, 1.165) is 32.1 Å². The number of carbonyl (C=O) groups excluding carboxylic acids is 2. The summed E-state index contributed by atoms with van der Waals surface area (Å²) in [7, 11) is 0. The first-order chi connectivity index (χ1) is 13.5. The standard InChI is InChI=1S/C22H40N2O4/c1-2-3-4-5-6-7-8-9-10-11-12-13-14-15-16-21(26)24-19(22(27)28)17-18-20(23)25/h8-9,19H,2-7,10-18H2,1H3,(H2,23,25)(H,24,26)(H,27,28)/b9-8-/t19-/m0/s1. The van der Waals surface area contributed by atoms with Gasteiger partial charge in [0.15, 0.2) is 0 Å². The molecule has 0 fully saturated rings. The van der Waals surface area contributed by atoms with Crippen LogP contribution in [0, 0.1) is 0 Å². The van der Waals surface area contributed by atoms with Gasteiger partial charge in [-0.3, -0.25) is 9.59 Å². The number of carbonyl (C=O) groups is 3. The summed E-state index contributed by atoms with van der Waals surface area (Å²) >= 11 is 0. The molecule has 0 rings (SSSR count). The van der Waals surface area contributed by atoms with E-state index >= 15 is 0 Å². The Hall–Kier alpha value is -1.85. The minimum Gasteiger partial charge on any atom is -0.480 e. The second kappa shape index (κ2) is 18.5. The molecule has 162 valence electrons. The van der Waals surface area contributed by atoms with Gasteiger partial charge in [0, 0.05) is 12.8 Å². The van der Waals surface area contributed by atoms with Crippen LogP contribution in [0.3, 0.4) is 0 Å². The molecule has 1 atom stereocenters. The molecule has 0 radical (unpaired) electrons. The lowest BCUT2D eigenvalue weighted by atomic mass is 10.1. The van der Waals surface area contributed by atoms with Crippen molar-refractivity contribution >= 4 is 17.8 Å². The molecule has 0 aliphatic rings. The van der Waals surface area contributed by atoms with E-state index in [4.69, 9.17) is 10.8 Å². The number of nitrogens with two attached hydrogens (primary N) is 1. The number of primary amides is 1. The molecule has 0 saturated heterocycles. The molecule has 0 heterocycles. The number of amides is 2. The molecule has 0 aromatic rings. The summed E-state index contributed by atoms with van der Waals surface area (Å²) in [6.07, 6.45) is 18.9. The molecule has 6 nitrogen and oxygen atoms in total. The minimum atomic E-state index is -1.14. The fourth-order valence-electron chi connectivity index (χ4n) is 2.99. The highest BCUT2D eigenvalue weighted by atomic mass is 16.4. The maximum Gasteiger partial charge on any atom is 0.326 e. The topological polar surface area (TPSA) is 109 Å². The van der Waals surface area contributed by atoms with E-state index < -0.39 is 17.9 Å². The van der Waals surface area contributed by atoms with Crippen molar-refractivity contribution in [3.05, 3.63) is 12.2 Å². The smallest absolute Gasteiger partial charge is 0.326 e. The highest BCUT2D eigenvalue weighted by Gasteiger charge is 2.20. The van der Waals surface area contributed by atoms with Crippen molar-refractivity contribution in [2.24, 2.45) is 5.73 Å². The van der Waals surface area contributed by atoms with Gasteiger partial charge in [0.2, 0.25) is 11.8 Å². The van der Waals surface area contributed by atoms with Gasteiger partial charge in [-0.15, -0.1) is 0 Å². The van der Waals surface area contributed by atoms with Crippen LogP contribution in [-0.2, 0) is 14.4 Å². The zero-order valence-electron chi connectivity index (χ0n) is 17.6. The molecule has 0 aliphatic heterocycles. The molecule has 0 bridgehead atoms. The van der Waals surface area contributed by atoms with Crippen molar-refractivity contribution in [1.82, 2.24) is 5.32 Å². The molecule has 2 amide bonds. The van der Waals surface area contributed by atoms with Crippen molar-refractivity contribution < 1.29 is 19.5 Å². The highest BCUT2D eigenvalue weighted by molar-refractivity contribution is 5.84. The molecule has 0 aliphatic carbocycles. The van der Waals surface area contributed by atoms with Gasteiger partial charge in [-0.1, -0.05) is 64.0 Å². The highest BCUT2D eigenvalue weighted by Crippen LogP contribution is 2.09. The van der Waals surface area contributed by atoms with Gasteiger partial charge in [-0.05, 0) is 38.5 Å². The van der Waals surface area contributed by atoms with Gasteiger partial charge in [0.05, 0.1) is 0 Å². The van der Waals surface area contributed by atoms with Gasteiger partial charge in [-0.2, -0.15) is 0 Å². The number of unbranched alkanes of at least 4 members (excludes halogenated alkanes) is 10. The molecule has 6 heteroatoms. The lowest BCUT2D eigenvalue weighted by molar-refractivity contribution is -0.142. The summed E-state index contributed by atoms with van der Waals surface area (Å²) in [6, 6.07) is -1.04. The summed E-state index contributed by atoms with van der Waals surface area (Å²) in [5, 5.41) is 11.5. The lowest BCUT2D eigenvalue weighted by Gasteiger charge is -2.13. The van der Waals surface area contributed by atoms with E-state index in [0.29, 0.717) is 6.42 Å². The van der Waals surface area contributed by atoms with Crippen LogP contribution in [-0.4, -0.2) is 28.9 Å². The van der Waals surface area contributed by atoms with Gasteiger partial charge >= 0.3 is 5.97 Å². The predicted molar refractivity (Wildman–Crippen MR) is 113 cm³/mol. The number of nitrogens with one attached hydrogen (secondary N) is 1. The van der Waals surface area contributed by atoms with Gasteiger partial charge in [0.1, 0.15) is 6.04 Å². The number of carboxylic acid groups (broad SMARTS) is 1. The lowest BCUT2D eigenvalue weighted by Crippen LogP contribution is -2.41. The quantitative estimate of drug-likeness (QED) is 0.221. The number of hydrogen-bond acceptors (Lipinski definition) is 3. The Balaban J connectivity index is 3.57. The molecule has 0 aromatic carbocycles. The van der Waals surface area contributed by atoms with Crippen LogP contribution in [0.15, 0.2) is 12.2 Å². The molecular weight excluding hydrogens is 356 g/mol. The summed E-state index contributed by atoms with van der Waals surface area (Å²) < 4.78 is 0. The van der Waals surface area contributed by atoms with Crippen LogP contribution in [0.5, 0.6) is 0 Å². The fourth-order valence-corrected chi connectivity index (χ4v) is 2.99. The van der Waals surface area contributed by atoms with Crippen LogP contribution in [0.1, 0.15) is 103 Å². The van der Waals surface area contributed by atoms with Crippen LogP contribution in [0.4, 0.5) is 0 Å². The van der Waals surface area contributed by atoms with Crippen LogP contribution in [0.25, 0.3) is 0 Å². The van der Waals surface area contributed by atoms with Crippen molar-refractivity contribution in [2.45, 2.75) is 109 Å². The Kier molecular flexibility index (Phi) is 17.3. The predicted octanol–water partition coefficient (Wildman–Crippen LogP) is 4.47. The van der Waals surface area contributed by atoms with E-state index in [1.165, 1.54) is 44.9 Å². The SMILES string of the molecule is CCCCCCC/C=C\CCCCCCCC(=O)N[C@@H](CCC(N)=O)C(=O)O. The zero-order chi connectivity index (χ0) is 21.0. The van der Waals surface area contributed by atoms with Crippen LogP contribution >= 0.6 is 0 Å². The van der Waals surface area contributed by atoms with Gasteiger partial charge < -0.3 is 16.2 Å². The van der Waals surface area contributed by atoms with E-state index in [1.54, 1.807) is 0 Å². The van der Waals surface area contributed by atoms with Crippen molar-refractivity contribution in [1.29, 1.82) is 0 Å². The van der Waals surface area contributed by atoms with E-state index in [9.17, 15) is 14.4 Å². The summed E-state index contributed by atoms with van der Waals surface area (Å²) in [5.41, 5.74) is 5.02. The van der Waals surface area contributed by atoms with E-state index in [2.05, 4.69) is 24.4 Å². The summed E-state index contributed by atoms with van der Waals surface area (Å²) in [4.78, 5) is 33.6.